The summed E-state index contributed by atoms with van der Waals surface area (Å²) < 4.78 is 0. The van der Waals surface area contributed by atoms with Crippen molar-refractivity contribution in [2.45, 2.75) is 46.6 Å². The molecular formula is C14H24N2O4. The van der Waals surface area contributed by atoms with Gasteiger partial charge >= 0.3 is 5.97 Å². The highest BCUT2D eigenvalue weighted by atomic mass is 16.4. The minimum atomic E-state index is -0.942. The fourth-order valence-corrected chi connectivity index (χ4v) is 2.29. The number of carboxylic acids is 1. The number of hydrogen-bond donors (Lipinski definition) is 2. The molecule has 6 heteroatoms. The lowest BCUT2D eigenvalue weighted by Crippen LogP contribution is -2.47. The van der Waals surface area contributed by atoms with E-state index in [-0.39, 0.29) is 36.0 Å². The van der Waals surface area contributed by atoms with Crippen molar-refractivity contribution < 1.29 is 19.5 Å². The van der Waals surface area contributed by atoms with Gasteiger partial charge in [0.25, 0.3) is 0 Å². The molecule has 20 heavy (non-hydrogen) atoms. The number of nitrogens with one attached hydrogen (secondary N) is 1. The van der Waals surface area contributed by atoms with Crippen LogP contribution in [0.2, 0.25) is 0 Å². The second-order valence-electron chi connectivity index (χ2n) is 6.36. The Morgan fingerprint density at radius 1 is 1.45 bits per heavy atom. The van der Waals surface area contributed by atoms with Gasteiger partial charge in [0, 0.05) is 25.6 Å². The van der Waals surface area contributed by atoms with Crippen molar-refractivity contribution in [3.05, 3.63) is 0 Å². The van der Waals surface area contributed by atoms with Crippen LogP contribution in [0.3, 0.4) is 0 Å². The molecule has 0 aliphatic carbocycles. The van der Waals surface area contributed by atoms with Crippen molar-refractivity contribution in [3.8, 4) is 0 Å². The second kappa shape index (κ2) is 6.24. The molecule has 0 aromatic heterocycles. The molecule has 1 rings (SSSR count). The van der Waals surface area contributed by atoms with E-state index in [1.165, 1.54) is 0 Å². The first-order chi connectivity index (χ1) is 9.15. The van der Waals surface area contributed by atoms with Crippen LogP contribution in [0.25, 0.3) is 0 Å². The van der Waals surface area contributed by atoms with Crippen LogP contribution in [0.15, 0.2) is 0 Å². The maximum Gasteiger partial charge on any atom is 0.305 e. The van der Waals surface area contributed by atoms with E-state index in [0.29, 0.717) is 13.1 Å². The van der Waals surface area contributed by atoms with Gasteiger partial charge in [0.2, 0.25) is 11.8 Å². The van der Waals surface area contributed by atoms with Crippen LogP contribution in [0.5, 0.6) is 0 Å². The summed E-state index contributed by atoms with van der Waals surface area (Å²) in [7, 11) is 0. The lowest BCUT2D eigenvalue weighted by molar-refractivity contribution is -0.139. The number of carboxylic acid groups (broad SMARTS) is 1. The smallest absolute Gasteiger partial charge is 0.305 e. The average molecular weight is 284 g/mol. The molecule has 0 radical (unpaired) electrons. The van der Waals surface area contributed by atoms with Crippen molar-refractivity contribution in [1.29, 1.82) is 0 Å². The van der Waals surface area contributed by atoms with Crippen LogP contribution >= 0.6 is 0 Å². The van der Waals surface area contributed by atoms with Crippen molar-refractivity contribution in [2.24, 2.45) is 11.3 Å². The van der Waals surface area contributed by atoms with E-state index < -0.39 is 12.0 Å². The maximum atomic E-state index is 12.2. The van der Waals surface area contributed by atoms with Gasteiger partial charge in [-0.2, -0.15) is 0 Å². The van der Waals surface area contributed by atoms with E-state index in [4.69, 9.17) is 5.11 Å². The number of aliphatic carboxylic acids is 1. The van der Waals surface area contributed by atoms with Crippen LogP contribution in [-0.2, 0) is 14.4 Å². The molecule has 2 amide bonds. The van der Waals surface area contributed by atoms with Crippen LogP contribution in [0.1, 0.15) is 40.5 Å². The third-order valence-electron chi connectivity index (χ3n) is 3.71. The Kier molecular flexibility index (Phi) is 5.14. The average Bonchev–Trinajstić information content (AvgIpc) is 2.68. The highest BCUT2D eigenvalue weighted by Crippen LogP contribution is 2.24. The molecule has 0 aromatic rings. The summed E-state index contributed by atoms with van der Waals surface area (Å²) in [6.45, 7) is 8.56. The van der Waals surface area contributed by atoms with Gasteiger partial charge in [0.15, 0.2) is 0 Å². The zero-order valence-corrected chi connectivity index (χ0v) is 12.6. The van der Waals surface area contributed by atoms with Gasteiger partial charge in [-0.15, -0.1) is 0 Å². The molecule has 6 nitrogen and oxygen atoms in total. The number of nitrogens with zero attached hydrogens (tertiary/aromatic N) is 1. The molecule has 1 aliphatic rings. The number of hydrogen-bond acceptors (Lipinski definition) is 3. The molecule has 0 saturated carbocycles. The lowest BCUT2D eigenvalue weighted by atomic mass is 9.84. The minimum Gasteiger partial charge on any atom is -0.481 e. The molecule has 1 saturated heterocycles. The summed E-state index contributed by atoms with van der Waals surface area (Å²) >= 11 is 0. The monoisotopic (exact) mass is 284 g/mol. The molecule has 0 aromatic carbocycles. The SMILES string of the molecule is CCN1CC(C(=O)NC(CC(=O)O)C(C)(C)C)CC1=O. The second-order valence-corrected chi connectivity index (χ2v) is 6.36. The number of likely N-dealkylation sites (tertiary alicyclic amines) is 1. The number of amides is 2. The third-order valence-corrected chi connectivity index (χ3v) is 3.71. The topological polar surface area (TPSA) is 86.7 Å². The fourth-order valence-electron chi connectivity index (χ4n) is 2.29. The van der Waals surface area contributed by atoms with Gasteiger partial charge in [0.1, 0.15) is 0 Å². The Morgan fingerprint density at radius 3 is 2.45 bits per heavy atom. The van der Waals surface area contributed by atoms with E-state index in [0.717, 1.165) is 0 Å². The third kappa shape index (κ3) is 4.21. The van der Waals surface area contributed by atoms with Crippen LogP contribution in [-0.4, -0.2) is 46.9 Å². The van der Waals surface area contributed by atoms with Gasteiger partial charge < -0.3 is 15.3 Å². The normalized spacial score (nSPS) is 20.9. The van der Waals surface area contributed by atoms with E-state index in [2.05, 4.69) is 5.32 Å². The quantitative estimate of drug-likeness (QED) is 0.784. The number of rotatable bonds is 5. The molecule has 0 spiro atoms. The van der Waals surface area contributed by atoms with Crippen molar-refractivity contribution in [1.82, 2.24) is 10.2 Å². The summed E-state index contributed by atoms with van der Waals surface area (Å²) in [5, 5.41) is 11.7. The standard InChI is InChI=1S/C14H24N2O4/c1-5-16-8-9(6-11(16)17)13(20)15-10(7-12(18)19)14(2,3)4/h9-10H,5-8H2,1-4H3,(H,15,20)(H,18,19). The van der Waals surface area contributed by atoms with E-state index in [1.54, 1.807) is 4.90 Å². The first-order valence-electron chi connectivity index (χ1n) is 6.95. The number of carbonyl (C=O) groups is 3. The highest BCUT2D eigenvalue weighted by molar-refractivity contribution is 5.89. The summed E-state index contributed by atoms with van der Waals surface area (Å²) in [6, 6.07) is -0.446. The molecule has 1 heterocycles. The molecule has 0 bridgehead atoms. The zero-order valence-electron chi connectivity index (χ0n) is 12.6. The Hall–Kier alpha value is -1.59. The first-order valence-corrected chi connectivity index (χ1v) is 6.95. The van der Waals surface area contributed by atoms with Crippen LogP contribution < -0.4 is 5.32 Å². The molecule has 1 aliphatic heterocycles. The van der Waals surface area contributed by atoms with Gasteiger partial charge in [-0.1, -0.05) is 20.8 Å². The Labute approximate surface area is 119 Å². The molecular weight excluding hydrogens is 260 g/mol. The van der Waals surface area contributed by atoms with E-state index in [9.17, 15) is 14.4 Å². The maximum absolute atomic E-state index is 12.2. The highest BCUT2D eigenvalue weighted by Gasteiger charge is 2.36. The van der Waals surface area contributed by atoms with E-state index in [1.807, 2.05) is 27.7 Å². The molecule has 1 fully saturated rings. The van der Waals surface area contributed by atoms with Crippen LogP contribution in [0, 0.1) is 11.3 Å². The zero-order chi connectivity index (χ0) is 15.5. The predicted molar refractivity (Wildman–Crippen MR) is 74.0 cm³/mol. The van der Waals surface area contributed by atoms with Crippen LogP contribution in [0.4, 0.5) is 0 Å². The summed E-state index contributed by atoms with van der Waals surface area (Å²) in [6.07, 6.45) is 0.0943. The first kappa shape index (κ1) is 16.5. The van der Waals surface area contributed by atoms with Crippen molar-refractivity contribution in [2.75, 3.05) is 13.1 Å². The molecule has 114 valence electrons. The summed E-state index contributed by atoms with van der Waals surface area (Å²) in [5.74, 6) is -1.56. The van der Waals surface area contributed by atoms with Crippen molar-refractivity contribution in [3.63, 3.8) is 0 Å². The Balaban J connectivity index is 2.68. The summed E-state index contributed by atoms with van der Waals surface area (Å²) in [5.41, 5.74) is -0.346. The lowest BCUT2D eigenvalue weighted by Gasteiger charge is -2.31. The van der Waals surface area contributed by atoms with E-state index >= 15 is 0 Å². The van der Waals surface area contributed by atoms with Gasteiger partial charge in [-0.3, -0.25) is 14.4 Å². The number of carbonyl (C=O) groups excluding carboxylic acids is 2. The minimum absolute atomic E-state index is 0.0156. The predicted octanol–water partition coefficient (Wildman–Crippen LogP) is 0.860. The Bertz CT molecular complexity index is 400. The van der Waals surface area contributed by atoms with Crippen molar-refractivity contribution >= 4 is 17.8 Å². The van der Waals surface area contributed by atoms with Gasteiger partial charge in [-0.05, 0) is 12.3 Å². The van der Waals surface area contributed by atoms with Gasteiger partial charge in [-0.25, -0.2) is 0 Å². The van der Waals surface area contributed by atoms with Gasteiger partial charge in [0.05, 0.1) is 12.3 Å². The molecule has 2 unspecified atom stereocenters. The fraction of sp³-hybridized carbons (Fsp3) is 0.786. The molecule has 2 N–H and O–H groups in total. The molecule has 2 atom stereocenters. The largest absolute Gasteiger partial charge is 0.481 e. The summed E-state index contributed by atoms with van der Waals surface area (Å²) in [4.78, 5) is 36.4. The Morgan fingerprint density at radius 2 is 2.05 bits per heavy atom.